The average Bonchev–Trinajstić information content (AvgIpc) is 2.94. The van der Waals surface area contributed by atoms with Gasteiger partial charge in [-0.25, -0.2) is 17.6 Å². The first-order valence-electron chi connectivity index (χ1n) is 7.84. The van der Waals surface area contributed by atoms with Gasteiger partial charge in [0.25, 0.3) is 0 Å². The van der Waals surface area contributed by atoms with Gasteiger partial charge in [0.05, 0.1) is 11.4 Å². The lowest BCUT2D eigenvalue weighted by atomic mass is 10.2. The fraction of sp³-hybridized carbons (Fsp3) is 0.235. The number of halogens is 1. The Balaban J connectivity index is 1.62. The monoisotopic (exact) mass is 363 g/mol. The molecule has 2 amide bonds. The molecule has 0 unspecified atom stereocenters. The van der Waals surface area contributed by atoms with Gasteiger partial charge in [-0.2, -0.15) is 0 Å². The zero-order chi connectivity index (χ0) is 17.9. The van der Waals surface area contributed by atoms with Crippen molar-refractivity contribution in [3.63, 3.8) is 0 Å². The minimum atomic E-state index is -3.26. The molecule has 0 saturated carbocycles. The Bertz CT molecular complexity index is 869. The van der Waals surface area contributed by atoms with Crippen molar-refractivity contribution in [3.05, 3.63) is 59.9 Å². The summed E-state index contributed by atoms with van der Waals surface area (Å²) in [6.07, 6.45) is 0.595. The molecule has 1 heterocycles. The molecule has 0 bridgehead atoms. The highest BCUT2D eigenvalue weighted by atomic mass is 32.2. The molecule has 132 valence electrons. The number of sulfonamides is 1. The van der Waals surface area contributed by atoms with Crippen molar-refractivity contribution in [2.24, 2.45) is 0 Å². The standard InChI is InChI=1S/C17H18FN3O3S/c18-14-7-5-13(6-8-14)12-19-17(22)20-15-3-1-4-16(11-15)21-9-2-10-25(21,23)24/h1,3-8,11H,2,9-10,12H2,(H2,19,20,22). The van der Waals surface area contributed by atoms with Gasteiger partial charge in [0.15, 0.2) is 0 Å². The third-order valence-corrected chi connectivity index (χ3v) is 5.73. The number of carbonyl (C=O) groups excluding carboxylic acids is 1. The normalized spacial score (nSPS) is 15.8. The third kappa shape index (κ3) is 4.27. The van der Waals surface area contributed by atoms with Crippen molar-refractivity contribution in [3.8, 4) is 0 Å². The van der Waals surface area contributed by atoms with E-state index in [1.54, 1.807) is 36.4 Å². The molecule has 2 N–H and O–H groups in total. The zero-order valence-corrected chi connectivity index (χ0v) is 14.2. The smallest absolute Gasteiger partial charge is 0.319 e. The molecule has 0 spiro atoms. The van der Waals surface area contributed by atoms with E-state index in [0.29, 0.717) is 24.3 Å². The van der Waals surface area contributed by atoms with Crippen LogP contribution < -0.4 is 14.9 Å². The third-order valence-electron chi connectivity index (χ3n) is 3.86. The van der Waals surface area contributed by atoms with Gasteiger partial charge in [-0.1, -0.05) is 18.2 Å². The Morgan fingerprint density at radius 1 is 1.16 bits per heavy atom. The molecule has 2 aromatic carbocycles. The van der Waals surface area contributed by atoms with Gasteiger partial charge >= 0.3 is 6.03 Å². The second kappa shape index (κ2) is 7.10. The predicted octanol–water partition coefficient (Wildman–Crippen LogP) is 2.69. The molecule has 1 aliphatic rings. The number of amides is 2. The van der Waals surface area contributed by atoms with Crippen LogP contribution in [0.15, 0.2) is 48.5 Å². The largest absolute Gasteiger partial charge is 0.334 e. The maximum atomic E-state index is 12.8. The zero-order valence-electron chi connectivity index (χ0n) is 13.4. The van der Waals surface area contributed by atoms with Crippen molar-refractivity contribution in [2.75, 3.05) is 21.9 Å². The van der Waals surface area contributed by atoms with Crippen molar-refractivity contribution >= 4 is 27.4 Å². The first kappa shape index (κ1) is 17.2. The summed E-state index contributed by atoms with van der Waals surface area (Å²) in [4.78, 5) is 12.0. The van der Waals surface area contributed by atoms with Crippen LogP contribution in [0.1, 0.15) is 12.0 Å². The molecule has 3 rings (SSSR count). The van der Waals surface area contributed by atoms with E-state index in [4.69, 9.17) is 0 Å². The second-order valence-electron chi connectivity index (χ2n) is 5.73. The van der Waals surface area contributed by atoms with E-state index in [-0.39, 0.29) is 18.1 Å². The summed E-state index contributed by atoms with van der Waals surface area (Å²) in [6.45, 7) is 0.703. The number of anilines is 2. The van der Waals surface area contributed by atoms with Crippen LogP contribution in [0.5, 0.6) is 0 Å². The molecule has 25 heavy (non-hydrogen) atoms. The maximum absolute atomic E-state index is 12.8. The number of hydrogen-bond acceptors (Lipinski definition) is 3. The summed E-state index contributed by atoms with van der Waals surface area (Å²) in [7, 11) is -3.26. The average molecular weight is 363 g/mol. The van der Waals surface area contributed by atoms with E-state index in [9.17, 15) is 17.6 Å². The summed E-state index contributed by atoms with van der Waals surface area (Å²) in [5.74, 6) is -0.190. The minimum absolute atomic E-state index is 0.142. The van der Waals surface area contributed by atoms with Gasteiger partial charge in [-0.05, 0) is 42.3 Å². The Labute approximate surface area is 145 Å². The molecule has 0 aliphatic carbocycles. The van der Waals surface area contributed by atoms with Crippen LogP contribution in [0.4, 0.5) is 20.6 Å². The molecular formula is C17H18FN3O3S. The van der Waals surface area contributed by atoms with Crippen LogP contribution in [-0.2, 0) is 16.6 Å². The SMILES string of the molecule is O=C(NCc1ccc(F)cc1)Nc1cccc(N2CCCS2(=O)=O)c1. The van der Waals surface area contributed by atoms with Crippen LogP contribution >= 0.6 is 0 Å². The van der Waals surface area contributed by atoms with Gasteiger partial charge in [-0.3, -0.25) is 4.31 Å². The molecule has 1 fully saturated rings. The van der Waals surface area contributed by atoms with Crippen LogP contribution in [0.3, 0.4) is 0 Å². The highest BCUT2D eigenvalue weighted by molar-refractivity contribution is 7.93. The van der Waals surface area contributed by atoms with Gasteiger partial charge < -0.3 is 10.6 Å². The van der Waals surface area contributed by atoms with E-state index in [1.165, 1.54) is 16.4 Å². The van der Waals surface area contributed by atoms with E-state index in [0.717, 1.165) is 5.56 Å². The maximum Gasteiger partial charge on any atom is 0.319 e. The van der Waals surface area contributed by atoms with E-state index in [1.807, 2.05) is 0 Å². The van der Waals surface area contributed by atoms with Crippen molar-refractivity contribution in [1.29, 1.82) is 0 Å². The molecule has 0 aromatic heterocycles. The first-order valence-corrected chi connectivity index (χ1v) is 9.45. The molecule has 2 aromatic rings. The van der Waals surface area contributed by atoms with E-state index >= 15 is 0 Å². The molecular weight excluding hydrogens is 345 g/mol. The van der Waals surface area contributed by atoms with Gasteiger partial charge in [0.2, 0.25) is 10.0 Å². The van der Waals surface area contributed by atoms with Crippen LogP contribution in [0.25, 0.3) is 0 Å². The van der Waals surface area contributed by atoms with Crippen molar-refractivity contribution < 1.29 is 17.6 Å². The number of nitrogens with zero attached hydrogens (tertiary/aromatic N) is 1. The summed E-state index contributed by atoms with van der Waals surface area (Å²) in [5, 5.41) is 5.34. The summed E-state index contributed by atoms with van der Waals surface area (Å²) in [5.41, 5.74) is 1.80. The Morgan fingerprint density at radius 3 is 2.60 bits per heavy atom. The molecule has 0 radical (unpaired) electrons. The highest BCUT2D eigenvalue weighted by Gasteiger charge is 2.28. The lowest BCUT2D eigenvalue weighted by Gasteiger charge is -2.18. The number of carbonyl (C=O) groups is 1. The molecule has 1 saturated heterocycles. The predicted molar refractivity (Wildman–Crippen MR) is 94.5 cm³/mol. The van der Waals surface area contributed by atoms with E-state index in [2.05, 4.69) is 10.6 Å². The van der Waals surface area contributed by atoms with E-state index < -0.39 is 16.1 Å². The van der Waals surface area contributed by atoms with Gasteiger partial charge in [0, 0.05) is 18.8 Å². The highest BCUT2D eigenvalue weighted by Crippen LogP contribution is 2.26. The Kier molecular flexibility index (Phi) is 4.89. The number of nitrogens with one attached hydrogen (secondary N) is 2. The Morgan fingerprint density at radius 2 is 1.92 bits per heavy atom. The number of urea groups is 1. The fourth-order valence-corrected chi connectivity index (χ4v) is 4.18. The first-order chi connectivity index (χ1) is 11.9. The number of benzene rings is 2. The van der Waals surface area contributed by atoms with Crippen LogP contribution in [-0.4, -0.2) is 26.7 Å². The molecule has 8 heteroatoms. The van der Waals surface area contributed by atoms with Crippen LogP contribution in [0.2, 0.25) is 0 Å². The number of hydrogen-bond donors (Lipinski definition) is 2. The lowest BCUT2D eigenvalue weighted by molar-refractivity contribution is 0.251. The number of rotatable bonds is 4. The van der Waals surface area contributed by atoms with Crippen LogP contribution in [0, 0.1) is 5.82 Å². The second-order valence-corrected chi connectivity index (χ2v) is 7.74. The topological polar surface area (TPSA) is 78.5 Å². The fourth-order valence-electron chi connectivity index (χ4n) is 2.63. The molecule has 1 aliphatic heterocycles. The van der Waals surface area contributed by atoms with Gasteiger partial charge in [-0.15, -0.1) is 0 Å². The lowest BCUT2D eigenvalue weighted by Crippen LogP contribution is -2.28. The molecule has 6 nitrogen and oxygen atoms in total. The Hall–Kier alpha value is -2.61. The summed E-state index contributed by atoms with van der Waals surface area (Å²) >= 11 is 0. The summed E-state index contributed by atoms with van der Waals surface area (Å²) in [6, 6.07) is 12.1. The quantitative estimate of drug-likeness (QED) is 0.877. The van der Waals surface area contributed by atoms with Gasteiger partial charge in [0.1, 0.15) is 5.82 Å². The van der Waals surface area contributed by atoms with Crippen molar-refractivity contribution in [2.45, 2.75) is 13.0 Å². The summed E-state index contributed by atoms with van der Waals surface area (Å²) < 4.78 is 38.2. The van der Waals surface area contributed by atoms with Crippen molar-refractivity contribution in [1.82, 2.24) is 5.32 Å². The molecule has 0 atom stereocenters. The minimum Gasteiger partial charge on any atom is -0.334 e.